The van der Waals surface area contributed by atoms with E-state index in [4.69, 9.17) is 11.5 Å². The summed E-state index contributed by atoms with van der Waals surface area (Å²) in [6.45, 7) is 4.96. The highest BCUT2D eigenvalue weighted by Crippen LogP contribution is 2.08. The Labute approximate surface area is 66.3 Å². The van der Waals surface area contributed by atoms with Gasteiger partial charge in [0.1, 0.15) is 0 Å². The van der Waals surface area contributed by atoms with Crippen molar-refractivity contribution in [3.63, 3.8) is 0 Å². The molecule has 0 fully saturated rings. The number of hydrogen-bond acceptors (Lipinski definition) is 2. The van der Waals surface area contributed by atoms with Crippen LogP contribution in [0.2, 0.25) is 0 Å². The van der Waals surface area contributed by atoms with Crippen molar-refractivity contribution in [2.75, 3.05) is 12.3 Å². The zero-order chi connectivity index (χ0) is 7.98. The minimum Gasteiger partial charge on any atom is -0.370 e. The molecule has 0 saturated carbocycles. The molecule has 0 aromatic heterocycles. The number of aliphatic imine (C=N–C) groups is 1. The Balaban J connectivity index is 3.38. The van der Waals surface area contributed by atoms with Crippen molar-refractivity contribution in [1.82, 2.24) is 0 Å². The van der Waals surface area contributed by atoms with Crippen molar-refractivity contribution in [2.24, 2.45) is 16.5 Å². The maximum atomic E-state index is 5.16. The van der Waals surface area contributed by atoms with Crippen LogP contribution >= 0.6 is 11.8 Å². The van der Waals surface area contributed by atoms with E-state index in [-0.39, 0.29) is 5.96 Å². The molecule has 3 nitrogen and oxygen atoms in total. The first kappa shape index (κ1) is 9.62. The molecule has 0 aromatic carbocycles. The summed E-state index contributed by atoms with van der Waals surface area (Å²) in [7, 11) is 0. The van der Waals surface area contributed by atoms with Crippen molar-refractivity contribution >= 4 is 17.7 Å². The molecule has 0 radical (unpaired) electrons. The molecule has 0 heterocycles. The van der Waals surface area contributed by atoms with Gasteiger partial charge in [-0.25, -0.2) is 0 Å². The van der Waals surface area contributed by atoms with Gasteiger partial charge in [0.2, 0.25) is 0 Å². The Morgan fingerprint density at radius 1 is 1.60 bits per heavy atom. The van der Waals surface area contributed by atoms with E-state index in [0.717, 1.165) is 12.3 Å². The molecular weight excluding hydrogens is 146 g/mol. The van der Waals surface area contributed by atoms with Crippen LogP contribution in [0.25, 0.3) is 0 Å². The predicted octanol–water partition coefficient (Wildman–Crippen LogP) is 0.401. The largest absolute Gasteiger partial charge is 0.370 e. The fraction of sp³-hybridized carbons (Fsp3) is 0.833. The summed E-state index contributed by atoms with van der Waals surface area (Å²) in [6.07, 6.45) is 0. The molecule has 0 aliphatic carbocycles. The van der Waals surface area contributed by atoms with E-state index >= 15 is 0 Å². The van der Waals surface area contributed by atoms with Crippen LogP contribution in [0.1, 0.15) is 13.8 Å². The van der Waals surface area contributed by atoms with Crippen LogP contribution in [0.3, 0.4) is 0 Å². The van der Waals surface area contributed by atoms with Gasteiger partial charge in [-0.3, -0.25) is 4.99 Å². The minimum absolute atomic E-state index is 0.184. The summed E-state index contributed by atoms with van der Waals surface area (Å²) in [5.41, 5.74) is 10.3. The van der Waals surface area contributed by atoms with Gasteiger partial charge >= 0.3 is 0 Å². The van der Waals surface area contributed by atoms with Crippen LogP contribution in [-0.4, -0.2) is 23.5 Å². The fourth-order valence-corrected chi connectivity index (χ4v) is 1.32. The third-order valence-corrected chi connectivity index (χ3v) is 2.03. The smallest absolute Gasteiger partial charge is 0.185 e. The summed E-state index contributed by atoms with van der Waals surface area (Å²) in [4.78, 5) is 3.89. The van der Waals surface area contributed by atoms with E-state index in [2.05, 4.69) is 18.8 Å². The number of hydrogen-bond donors (Lipinski definition) is 2. The first-order chi connectivity index (χ1) is 4.66. The maximum Gasteiger partial charge on any atom is 0.185 e. The number of rotatable bonds is 4. The van der Waals surface area contributed by atoms with Gasteiger partial charge in [0.25, 0.3) is 0 Å². The number of nitrogens with zero attached hydrogens (tertiary/aromatic N) is 1. The second-order valence-corrected chi connectivity index (χ2v) is 3.75. The lowest BCUT2D eigenvalue weighted by molar-refractivity contribution is 0.946. The lowest BCUT2D eigenvalue weighted by Crippen LogP contribution is -2.24. The van der Waals surface area contributed by atoms with Gasteiger partial charge < -0.3 is 11.5 Å². The highest BCUT2D eigenvalue weighted by molar-refractivity contribution is 7.99. The van der Waals surface area contributed by atoms with Crippen LogP contribution in [-0.2, 0) is 0 Å². The molecule has 0 saturated heterocycles. The Morgan fingerprint density at radius 2 is 2.20 bits per heavy atom. The summed E-state index contributed by atoms with van der Waals surface area (Å²) < 4.78 is 0. The fourth-order valence-electron chi connectivity index (χ4n) is 0.571. The van der Waals surface area contributed by atoms with E-state index < -0.39 is 0 Å². The molecule has 4 N–H and O–H groups in total. The van der Waals surface area contributed by atoms with Crippen LogP contribution in [0, 0.1) is 0 Å². The molecule has 10 heavy (non-hydrogen) atoms. The molecule has 60 valence electrons. The Kier molecular flexibility index (Phi) is 5.20. The van der Waals surface area contributed by atoms with Gasteiger partial charge in [0.05, 0.1) is 6.54 Å². The second kappa shape index (κ2) is 5.41. The number of thioether (sulfide) groups is 1. The van der Waals surface area contributed by atoms with Gasteiger partial charge in [0, 0.05) is 5.25 Å². The zero-order valence-electron chi connectivity index (χ0n) is 6.50. The van der Waals surface area contributed by atoms with Crippen molar-refractivity contribution in [2.45, 2.75) is 19.1 Å². The summed E-state index contributed by atoms with van der Waals surface area (Å²) in [5, 5.41) is 0.520. The minimum atomic E-state index is 0.184. The molecule has 0 aromatic rings. The molecule has 1 atom stereocenters. The topological polar surface area (TPSA) is 64.4 Å². The summed E-state index contributed by atoms with van der Waals surface area (Å²) in [5.74, 6) is 1.30. The highest BCUT2D eigenvalue weighted by Gasteiger charge is 1.97. The van der Waals surface area contributed by atoms with Crippen molar-refractivity contribution in [3.8, 4) is 0 Å². The molecule has 4 heteroatoms. The molecule has 0 amide bonds. The Hall–Kier alpha value is -0.380. The normalized spacial score (nSPS) is 12.6. The standard InChI is InChI=1S/C6H15N3S/c1-3-10-5(2)4-9-6(7)8/h5H,3-4H2,1-2H3,(H4,7,8,9). The van der Waals surface area contributed by atoms with Crippen molar-refractivity contribution < 1.29 is 0 Å². The molecule has 1 unspecified atom stereocenters. The Morgan fingerprint density at radius 3 is 2.60 bits per heavy atom. The molecule has 0 rings (SSSR count). The van der Waals surface area contributed by atoms with E-state index in [1.807, 2.05) is 11.8 Å². The Bertz CT molecular complexity index is 110. The van der Waals surface area contributed by atoms with Gasteiger partial charge in [-0.1, -0.05) is 13.8 Å². The molecule has 0 bridgehead atoms. The van der Waals surface area contributed by atoms with Crippen LogP contribution in [0.15, 0.2) is 4.99 Å². The molecule has 0 aliphatic rings. The third-order valence-electron chi connectivity index (χ3n) is 0.982. The summed E-state index contributed by atoms with van der Waals surface area (Å²) in [6, 6.07) is 0. The van der Waals surface area contributed by atoms with E-state index in [9.17, 15) is 0 Å². The van der Waals surface area contributed by atoms with Gasteiger partial charge in [-0.2, -0.15) is 11.8 Å². The molecular formula is C6H15N3S. The van der Waals surface area contributed by atoms with Crippen LogP contribution in [0.5, 0.6) is 0 Å². The third kappa shape index (κ3) is 5.75. The molecule has 0 spiro atoms. The lowest BCUT2D eigenvalue weighted by Gasteiger charge is -2.04. The van der Waals surface area contributed by atoms with Crippen LogP contribution in [0.4, 0.5) is 0 Å². The summed E-state index contributed by atoms with van der Waals surface area (Å²) >= 11 is 1.86. The lowest BCUT2D eigenvalue weighted by atomic mass is 10.5. The van der Waals surface area contributed by atoms with E-state index in [1.54, 1.807) is 0 Å². The van der Waals surface area contributed by atoms with Crippen molar-refractivity contribution in [1.29, 1.82) is 0 Å². The first-order valence-corrected chi connectivity index (χ1v) is 4.38. The highest BCUT2D eigenvalue weighted by atomic mass is 32.2. The average Bonchev–Trinajstić information content (AvgIpc) is 1.85. The van der Waals surface area contributed by atoms with E-state index in [0.29, 0.717) is 5.25 Å². The number of nitrogens with two attached hydrogens (primary N) is 2. The van der Waals surface area contributed by atoms with Gasteiger partial charge in [0.15, 0.2) is 5.96 Å². The molecule has 0 aliphatic heterocycles. The number of guanidine groups is 1. The van der Waals surface area contributed by atoms with E-state index in [1.165, 1.54) is 0 Å². The van der Waals surface area contributed by atoms with Crippen LogP contribution < -0.4 is 11.5 Å². The average molecular weight is 161 g/mol. The van der Waals surface area contributed by atoms with Gasteiger partial charge in [-0.05, 0) is 5.75 Å². The van der Waals surface area contributed by atoms with Crippen molar-refractivity contribution in [3.05, 3.63) is 0 Å². The first-order valence-electron chi connectivity index (χ1n) is 3.33. The quantitative estimate of drug-likeness (QED) is 0.463. The predicted molar refractivity (Wildman–Crippen MR) is 48.3 cm³/mol. The maximum absolute atomic E-state index is 5.16. The SMILES string of the molecule is CCSC(C)CN=C(N)N. The van der Waals surface area contributed by atoms with Gasteiger partial charge in [-0.15, -0.1) is 0 Å². The monoisotopic (exact) mass is 161 g/mol. The second-order valence-electron chi connectivity index (χ2n) is 2.03. The zero-order valence-corrected chi connectivity index (χ0v) is 7.32.